The van der Waals surface area contributed by atoms with Crippen LogP contribution in [0.4, 0.5) is 5.82 Å². The van der Waals surface area contributed by atoms with Crippen LogP contribution in [-0.4, -0.2) is 27.4 Å². The van der Waals surface area contributed by atoms with Gasteiger partial charge in [0.05, 0.1) is 31.6 Å². The van der Waals surface area contributed by atoms with Crippen LogP contribution in [0.1, 0.15) is 11.1 Å². The average Bonchev–Trinajstić information content (AvgIpc) is 3.12. The van der Waals surface area contributed by atoms with E-state index in [4.69, 9.17) is 4.74 Å². The first-order chi connectivity index (χ1) is 13.6. The van der Waals surface area contributed by atoms with E-state index in [1.807, 2.05) is 66.1 Å². The van der Waals surface area contributed by atoms with Gasteiger partial charge in [0.1, 0.15) is 11.6 Å². The summed E-state index contributed by atoms with van der Waals surface area (Å²) >= 11 is 0. The van der Waals surface area contributed by atoms with Crippen molar-refractivity contribution in [1.82, 2.24) is 14.4 Å². The highest BCUT2D eigenvalue weighted by Gasteiger charge is 2.11. The van der Waals surface area contributed by atoms with E-state index in [-0.39, 0.29) is 5.91 Å². The number of hydrogen-bond acceptors (Lipinski definition) is 4. The summed E-state index contributed by atoms with van der Waals surface area (Å²) in [5.74, 6) is 1.32. The smallest absolute Gasteiger partial charge is 0.229 e. The van der Waals surface area contributed by atoms with E-state index in [0.717, 1.165) is 28.1 Å². The Balaban J connectivity index is 1.59. The summed E-state index contributed by atoms with van der Waals surface area (Å²) in [4.78, 5) is 21.3. The molecule has 1 N–H and O–H groups in total. The molecule has 2 heterocycles. The highest BCUT2D eigenvalue weighted by atomic mass is 16.5. The number of fused-ring (bicyclic) bond motifs is 1. The molecule has 6 heteroatoms. The predicted molar refractivity (Wildman–Crippen MR) is 108 cm³/mol. The molecule has 4 rings (SSSR count). The van der Waals surface area contributed by atoms with Gasteiger partial charge in [-0.25, -0.2) is 4.98 Å². The number of methoxy groups -OCH3 is 1. The minimum Gasteiger partial charge on any atom is -0.497 e. The zero-order valence-electron chi connectivity index (χ0n) is 15.7. The molecular weight excluding hydrogens is 352 g/mol. The van der Waals surface area contributed by atoms with Crippen LogP contribution in [0.5, 0.6) is 5.75 Å². The number of aromatic nitrogens is 3. The van der Waals surface area contributed by atoms with Crippen LogP contribution in [0.3, 0.4) is 0 Å². The third-order valence-corrected chi connectivity index (χ3v) is 4.66. The van der Waals surface area contributed by atoms with E-state index < -0.39 is 0 Å². The first-order valence-electron chi connectivity index (χ1n) is 8.96. The molecule has 0 saturated carbocycles. The van der Waals surface area contributed by atoms with Gasteiger partial charge in [0.2, 0.25) is 5.91 Å². The summed E-state index contributed by atoms with van der Waals surface area (Å²) in [5, 5.41) is 2.95. The van der Waals surface area contributed by atoms with Crippen molar-refractivity contribution in [2.75, 3.05) is 12.4 Å². The van der Waals surface area contributed by atoms with Gasteiger partial charge >= 0.3 is 0 Å². The molecule has 0 radical (unpaired) electrons. The number of carbonyl (C=O) groups is 1. The number of nitrogens with zero attached hydrogens (tertiary/aromatic N) is 3. The Morgan fingerprint density at radius 2 is 1.86 bits per heavy atom. The maximum Gasteiger partial charge on any atom is 0.229 e. The van der Waals surface area contributed by atoms with Crippen molar-refractivity contribution in [3.05, 3.63) is 78.2 Å². The third-order valence-electron chi connectivity index (χ3n) is 4.66. The number of rotatable bonds is 5. The van der Waals surface area contributed by atoms with Gasteiger partial charge in [-0.3, -0.25) is 14.2 Å². The lowest BCUT2D eigenvalue weighted by Crippen LogP contribution is -2.16. The van der Waals surface area contributed by atoms with Crippen LogP contribution in [0.25, 0.3) is 16.9 Å². The predicted octanol–water partition coefficient (Wildman–Crippen LogP) is 3.89. The lowest BCUT2D eigenvalue weighted by molar-refractivity contribution is -0.115. The minimum atomic E-state index is -0.0843. The molecule has 0 aliphatic carbocycles. The van der Waals surface area contributed by atoms with E-state index in [1.54, 1.807) is 19.5 Å². The molecule has 4 aromatic rings. The molecule has 2 aromatic carbocycles. The van der Waals surface area contributed by atoms with Crippen molar-refractivity contribution in [1.29, 1.82) is 0 Å². The van der Waals surface area contributed by atoms with Gasteiger partial charge in [0, 0.05) is 11.8 Å². The van der Waals surface area contributed by atoms with Crippen molar-refractivity contribution in [3.8, 4) is 17.0 Å². The van der Waals surface area contributed by atoms with E-state index >= 15 is 0 Å². The van der Waals surface area contributed by atoms with Crippen LogP contribution in [0, 0.1) is 6.92 Å². The van der Waals surface area contributed by atoms with Crippen LogP contribution in [0.15, 0.2) is 67.1 Å². The van der Waals surface area contributed by atoms with Crippen LogP contribution >= 0.6 is 0 Å². The van der Waals surface area contributed by atoms with E-state index in [1.165, 1.54) is 0 Å². The Labute approximate surface area is 162 Å². The second-order valence-corrected chi connectivity index (χ2v) is 6.52. The topological polar surface area (TPSA) is 68.5 Å². The lowest BCUT2D eigenvalue weighted by atomic mass is 10.1. The number of benzene rings is 2. The summed E-state index contributed by atoms with van der Waals surface area (Å²) in [5.41, 5.74) is 4.51. The summed E-state index contributed by atoms with van der Waals surface area (Å²) in [6.07, 6.45) is 5.52. The fraction of sp³-hybridized carbons (Fsp3) is 0.136. The van der Waals surface area contributed by atoms with Gasteiger partial charge in [-0.2, -0.15) is 0 Å². The average molecular weight is 372 g/mol. The quantitative estimate of drug-likeness (QED) is 0.577. The van der Waals surface area contributed by atoms with Crippen LogP contribution in [0.2, 0.25) is 0 Å². The number of amides is 1. The number of ether oxygens (including phenoxy) is 1. The second-order valence-electron chi connectivity index (χ2n) is 6.52. The Hall–Kier alpha value is -3.67. The van der Waals surface area contributed by atoms with Crippen LogP contribution < -0.4 is 10.1 Å². The zero-order valence-corrected chi connectivity index (χ0v) is 15.7. The molecular formula is C22H20N4O2. The second kappa shape index (κ2) is 7.52. The van der Waals surface area contributed by atoms with Gasteiger partial charge in [-0.15, -0.1) is 0 Å². The largest absolute Gasteiger partial charge is 0.497 e. The third kappa shape index (κ3) is 3.57. The van der Waals surface area contributed by atoms with Gasteiger partial charge < -0.3 is 10.1 Å². The molecule has 0 unspecified atom stereocenters. The Kier molecular flexibility index (Phi) is 4.76. The van der Waals surface area contributed by atoms with Crippen molar-refractivity contribution in [2.45, 2.75) is 13.3 Å². The zero-order chi connectivity index (χ0) is 19.5. The fourth-order valence-electron chi connectivity index (χ4n) is 3.06. The highest BCUT2D eigenvalue weighted by Crippen LogP contribution is 2.22. The summed E-state index contributed by atoms with van der Waals surface area (Å²) in [6.45, 7) is 2.00. The monoisotopic (exact) mass is 372 g/mol. The molecule has 2 aromatic heterocycles. The fourth-order valence-corrected chi connectivity index (χ4v) is 3.06. The maximum absolute atomic E-state index is 12.5. The lowest BCUT2D eigenvalue weighted by Gasteiger charge is -2.08. The molecule has 0 atom stereocenters. The van der Waals surface area contributed by atoms with E-state index in [0.29, 0.717) is 17.9 Å². The molecule has 0 aliphatic rings. The molecule has 0 spiro atoms. The molecule has 0 aliphatic heterocycles. The van der Waals surface area contributed by atoms with Gasteiger partial charge in [-0.1, -0.05) is 24.3 Å². The van der Waals surface area contributed by atoms with Gasteiger partial charge in [-0.05, 0) is 42.3 Å². The molecule has 0 saturated heterocycles. The molecule has 28 heavy (non-hydrogen) atoms. The Morgan fingerprint density at radius 3 is 2.61 bits per heavy atom. The normalized spacial score (nSPS) is 10.8. The number of carbonyl (C=O) groups excluding carboxylic acids is 1. The van der Waals surface area contributed by atoms with Gasteiger partial charge in [0.15, 0.2) is 5.65 Å². The molecule has 6 nitrogen and oxygen atoms in total. The molecule has 1 amide bonds. The summed E-state index contributed by atoms with van der Waals surface area (Å²) < 4.78 is 7.04. The Morgan fingerprint density at radius 1 is 1.07 bits per heavy atom. The van der Waals surface area contributed by atoms with Crippen molar-refractivity contribution in [2.24, 2.45) is 0 Å². The SMILES string of the molecule is COc1ccc(-c2cn3c(NC(=O)Cc4ccccc4C)cnc3cn2)cc1. The molecule has 0 bridgehead atoms. The number of imidazole rings is 1. The van der Waals surface area contributed by atoms with Crippen LogP contribution in [-0.2, 0) is 11.2 Å². The van der Waals surface area contributed by atoms with E-state index in [9.17, 15) is 4.79 Å². The highest BCUT2D eigenvalue weighted by molar-refractivity contribution is 5.92. The Bertz CT molecular complexity index is 1130. The van der Waals surface area contributed by atoms with Crippen molar-refractivity contribution < 1.29 is 9.53 Å². The number of anilines is 1. The first-order valence-corrected chi connectivity index (χ1v) is 8.96. The number of aryl methyl sites for hydroxylation is 1. The molecule has 140 valence electrons. The van der Waals surface area contributed by atoms with Crippen molar-refractivity contribution >= 4 is 17.4 Å². The number of nitrogens with one attached hydrogen (secondary N) is 1. The van der Waals surface area contributed by atoms with Gasteiger partial charge in [0.25, 0.3) is 0 Å². The summed E-state index contributed by atoms with van der Waals surface area (Å²) in [6, 6.07) is 15.5. The molecule has 0 fully saturated rings. The number of hydrogen-bond donors (Lipinski definition) is 1. The minimum absolute atomic E-state index is 0.0843. The van der Waals surface area contributed by atoms with Crippen molar-refractivity contribution in [3.63, 3.8) is 0 Å². The first kappa shape index (κ1) is 17.7. The maximum atomic E-state index is 12.5. The summed E-state index contributed by atoms with van der Waals surface area (Å²) in [7, 11) is 1.64. The standard InChI is InChI=1S/C22H20N4O2/c1-15-5-3-4-6-17(15)11-22(27)25-21-13-24-20-12-23-19(14-26(20)21)16-7-9-18(28-2)10-8-16/h3-10,12-14H,11H2,1-2H3,(H,25,27). The van der Waals surface area contributed by atoms with E-state index in [2.05, 4.69) is 15.3 Å².